The number of nitrogens with one attached hydrogen (secondary N) is 1. The SMILES string of the molecule is CC1(C)C2=CC(N(C3=CC=CCN3)c3ccc(-c4ccc5c(c4)c4ccccc4n5-c4ccccc4)cc3)CC=C2c2ccccc21. The molecule has 1 unspecified atom stereocenters. The summed E-state index contributed by atoms with van der Waals surface area (Å²) < 4.78 is 2.37. The van der Waals surface area contributed by atoms with Crippen LogP contribution >= 0.6 is 0 Å². The van der Waals surface area contributed by atoms with Crippen molar-refractivity contribution in [1.29, 1.82) is 0 Å². The average molecular weight is 608 g/mol. The highest BCUT2D eigenvalue weighted by atomic mass is 15.3. The lowest BCUT2D eigenvalue weighted by Gasteiger charge is -2.37. The number of hydrogen-bond donors (Lipinski definition) is 1. The molecule has 1 aliphatic heterocycles. The van der Waals surface area contributed by atoms with E-state index in [1.165, 1.54) is 66.6 Å². The number of aromatic nitrogens is 1. The quantitative estimate of drug-likeness (QED) is 0.210. The van der Waals surface area contributed by atoms with E-state index in [0.29, 0.717) is 0 Å². The Bertz CT molecular complexity index is 2290. The van der Waals surface area contributed by atoms with Gasteiger partial charge in [0.25, 0.3) is 0 Å². The normalized spacial score (nSPS) is 17.8. The van der Waals surface area contributed by atoms with Crippen LogP contribution in [0.1, 0.15) is 31.4 Å². The Labute approximate surface area is 276 Å². The summed E-state index contributed by atoms with van der Waals surface area (Å²) in [7, 11) is 0. The number of nitrogens with zero attached hydrogens (tertiary/aromatic N) is 2. The summed E-state index contributed by atoms with van der Waals surface area (Å²) in [5, 5.41) is 6.20. The molecule has 6 aromatic rings. The average Bonchev–Trinajstić information content (AvgIpc) is 3.58. The first-order valence-electron chi connectivity index (χ1n) is 16.7. The van der Waals surface area contributed by atoms with E-state index >= 15 is 0 Å². The minimum absolute atomic E-state index is 0.0207. The third-order valence-electron chi connectivity index (χ3n) is 10.3. The number of allylic oxidation sites excluding steroid dienone is 4. The predicted octanol–water partition coefficient (Wildman–Crippen LogP) is 10.3. The Hall–Kier alpha value is -5.54. The summed E-state index contributed by atoms with van der Waals surface area (Å²) in [6.45, 7) is 5.57. The number of fused-ring (bicyclic) bond motifs is 6. The van der Waals surface area contributed by atoms with E-state index in [4.69, 9.17) is 0 Å². The van der Waals surface area contributed by atoms with Crippen LogP contribution in [0, 0.1) is 0 Å². The summed E-state index contributed by atoms with van der Waals surface area (Å²) in [6, 6.07) is 44.6. The zero-order chi connectivity index (χ0) is 31.5. The summed E-state index contributed by atoms with van der Waals surface area (Å²) in [5.41, 5.74) is 12.9. The van der Waals surface area contributed by atoms with Gasteiger partial charge in [-0.1, -0.05) is 117 Å². The molecule has 2 heterocycles. The van der Waals surface area contributed by atoms with Crippen LogP contribution in [-0.4, -0.2) is 17.2 Å². The van der Waals surface area contributed by atoms with Crippen molar-refractivity contribution in [3.8, 4) is 16.8 Å². The van der Waals surface area contributed by atoms with Gasteiger partial charge in [-0.2, -0.15) is 0 Å². The van der Waals surface area contributed by atoms with Crippen LogP contribution in [0.15, 0.2) is 163 Å². The largest absolute Gasteiger partial charge is 0.368 e. The topological polar surface area (TPSA) is 20.2 Å². The van der Waals surface area contributed by atoms with Crippen LogP contribution in [0.3, 0.4) is 0 Å². The van der Waals surface area contributed by atoms with Crippen molar-refractivity contribution in [3.63, 3.8) is 0 Å². The van der Waals surface area contributed by atoms with Crippen molar-refractivity contribution in [2.24, 2.45) is 0 Å². The van der Waals surface area contributed by atoms with E-state index in [1.807, 2.05) is 0 Å². The Balaban J connectivity index is 1.10. The second-order valence-electron chi connectivity index (χ2n) is 13.4. The third-order valence-corrected chi connectivity index (χ3v) is 10.3. The molecule has 3 aliphatic rings. The third kappa shape index (κ3) is 4.41. The first-order valence-corrected chi connectivity index (χ1v) is 16.7. The van der Waals surface area contributed by atoms with E-state index in [-0.39, 0.29) is 11.5 Å². The zero-order valence-corrected chi connectivity index (χ0v) is 26.8. The summed E-state index contributed by atoms with van der Waals surface area (Å²) >= 11 is 0. The number of rotatable bonds is 5. The van der Waals surface area contributed by atoms with Crippen molar-refractivity contribution in [2.45, 2.75) is 31.7 Å². The summed E-state index contributed by atoms with van der Waals surface area (Å²) in [4.78, 5) is 2.49. The Morgan fingerprint density at radius 3 is 2.32 bits per heavy atom. The first kappa shape index (κ1) is 27.7. The van der Waals surface area contributed by atoms with Crippen molar-refractivity contribution in [2.75, 3.05) is 11.4 Å². The monoisotopic (exact) mass is 607 g/mol. The molecule has 0 saturated heterocycles. The molecule has 1 atom stereocenters. The molecule has 2 aliphatic carbocycles. The van der Waals surface area contributed by atoms with E-state index in [0.717, 1.165) is 18.8 Å². The molecule has 5 aromatic carbocycles. The molecule has 1 aromatic heterocycles. The van der Waals surface area contributed by atoms with Crippen molar-refractivity contribution >= 4 is 33.1 Å². The van der Waals surface area contributed by atoms with Crippen LogP contribution in [0.4, 0.5) is 5.69 Å². The molecular formula is C44H37N3. The summed E-state index contributed by atoms with van der Waals surface area (Å²) in [6.07, 6.45) is 12.5. The molecular weight excluding hydrogens is 571 g/mol. The fourth-order valence-corrected chi connectivity index (χ4v) is 8.03. The zero-order valence-electron chi connectivity index (χ0n) is 26.8. The van der Waals surface area contributed by atoms with Gasteiger partial charge in [0.2, 0.25) is 0 Å². The second-order valence-corrected chi connectivity index (χ2v) is 13.4. The molecule has 3 nitrogen and oxygen atoms in total. The van der Waals surface area contributed by atoms with E-state index in [9.17, 15) is 0 Å². The maximum atomic E-state index is 3.66. The van der Waals surface area contributed by atoms with E-state index in [2.05, 4.69) is 180 Å². The van der Waals surface area contributed by atoms with Gasteiger partial charge in [-0.3, -0.25) is 0 Å². The standard InChI is InChI=1S/C44H37N3/c1-44(2)39-16-8-6-14-35(39)36-25-24-34(29-40(36)44)46(43-18-10-11-27-45-43)33-22-19-30(20-23-33)31-21-26-42-38(28-31)37-15-7-9-17-41(37)47(42)32-12-4-3-5-13-32/h3-23,25-26,28-29,34,45H,24,27H2,1-2H3. The van der Waals surface area contributed by atoms with Gasteiger partial charge in [-0.05, 0) is 88.4 Å². The fourth-order valence-electron chi connectivity index (χ4n) is 8.03. The Morgan fingerprint density at radius 1 is 0.745 bits per heavy atom. The molecule has 0 spiro atoms. The molecule has 0 radical (unpaired) electrons. The van der Waals surface area contributed by atoms with E-state index < -0.39 is 0 Å². The molecule has 47 heavy (non-hydrogen) atoms. The van der Waals surface area contributed by atoms with Gasteiger partial charge < -0.3 is 14.8 Å². The van der Waals surface area contributed by atoms with Gasteiger partial charge in [0.15, 0.2) is 0 Å². The number of benzene rings is 5. The summed E-state index contributed by atoms with van der Waals surface area (Å²) in [5.74, 6) is 1.14. The van der Waals surface area contributed by atoms with Crippen LogP contribution in [0.25, 0.3) is 44.2 Å². The van der Waals surface area contributed by atoms with Crippen molar-refractivity contribution in [3.05, 3.63) is 174 Å². The Morgan fingerprint density at radius 2 is 1.49 bits per heavy atom. The lowest BCUT2D eigenvalue weighted by atomic mass is 9.79. The van der Waals surface area contributed by atoms with Crippen LogP contribution in [-0.2, 0) is 5.41 Å². The fraction of sp³-hybridized carbons (Fsp3) is 0.136. The first-order chi connectivity index (χ1) is 23.1. The van der Waals surface area contributed by atoms with Gasteiger partial charge in [-0.15, -0.1) is 0 Å². The molecule has 1 N–H and O–H groups in total. The second kappa shape index (κ2) is 10.8. The lowest BCUT2D eigenvalue weighted by Crippen LogP contribution is -2.41. The number of dihydropyridines is 1. The lowest BCUT2D eigenvalue weighted by molar-refractivity contribution is 0.634. The van der Waals surface area contributed by atoms with Crippen LogP contribution in [0.2, 0.25) is 0 Å². The highest BCUT2D eigenvalue weighted by Gasteiger charge is 2.40. The molecule has 0 saturated carbocycles. The maximum absolute atomic E-state index is 3.66. The maximum Gasteiger partial charge on any atom is 0.107 e. The number of para-hydroxylation sites is 2. The Kier molecular flexibility index (Phi) is 6.36. The van der Waals surface area contributed by atoms with Crippen molar-refractivity contribution < 1.29 is 0 Å². The van der Waals surface area contributed by atoms with Crippen molar-refractivity contribution in [1.82, 2.24) is 9.88 Å². The van der Waals surface area contributed by atoms with Gasteiger partial charge in [-0.25, -0.2) is 0 Å². The molecule has 3 heteroatoms. The number of anilines is 1. The molecule has 9 rings (SSSR count). The molecule has 0 amide bonds. The smallest absolute Gasteiger partial charge is 0.107 e. The highest BCUT2D eigenvalue weighted by molar-refractivity contribution is 6.10. The highest BCUT2D eigenvalue weighted by Crippen LogP contribution is 2.52. The minimum atomic E-state index is -0.0207. The molecule has 0 bridgehead atoms. The van der Waals surface area contributed by atoms with Crippen LogP contribution < -0.4 is 10.2 Å². The van der Waals surface area contributed by atoms with Crippen LogP contribution in [0.5, 0.6) is 0 Å². The minimum Gasteiger partial charge on any atom is -0.368 e. The van der Waals surface area contributed by atoms with Gasteiger partial charge in [0.1, 0.15) is 5.82 Å². The van der Waals surface area contributed by atoms with Gasteiger partial charge in [0.05, 0.1) is 17.1 Å². The molecule has 228 valence electrons. The predicted molar refractivity (Wildman–Crippen MR) is 198 cm³/mol. The number of hydrogen-bond acceptors (Lipinski definition) is 2. The molecule has 0 fully saturated rings. The van der Waals surface area contributed by atoms with Gasteiger partial charge >= 0.3 is 0 Å². The van der Waals surface area contributed by atoms with E-state index in [1.54, 1.807) is 0 Å². The van der Waals surface area contributed by atoms with Gasteiger partial charge in [0, 0.05) is 34.1 Å².